The van der Waals surface area contributed by atoms with Crippen molar-refractivity contribution in [3.63, 3.8) is 0 Å². The molecule has 2 aromatic carbocycles. The van der Waals surface area contributed by atoms with E-state index in [1.54, 1.807) is 12.3 Å². The third-order valence-electron chi connectivity index (χ3n) is 5.70. The number of hydrogen-bond acceptors (Lipinski definition) is 4. The van der Waals surface area contributed by atoms with Gasteiger partial charge in [-0.1, -0.05) is 41.4 Å². The van der Waals surface area contributed by atoms with Gasteiger partial charge in [-0.25, -0.2) is 9.67 Å². The van der Waals surface area contributed by atoms with Crippen LogP contribution in [0.3, 0.4) is 0 Å². The molecule has 0 aliphatic rings. The molecule has 170 valence electrons. The van der Waals surface area contributed by atoms with Crippen LogP contribution in [0, 0.1) is 20.8 Å². The molecule has 0 radical (unpaired) electrons. The van der Waals surface area contributed by atoms with Gasteiger partial charge in [0.05, 0.1) is 16.9 Å². The fourth-order valence-corrected chi connectivity index (χ4v) is 4.20. The third kappa shape index (κ3) is 4.08. The van der Waals surface area contributed by atoms with E-state index in [4.69, 9.17) is 26.4 Å². The Kier molecular flexibility index (Phi) is 5.67. The molecule has 0 saturated heterocycles. The Morgan fingerprint density at radius 3 is 2.53 bits per heavy atom. The summed E-state index contributed by atoms with van der Waals surface area (Å²) in [4.78, 5) is 18.3. The maximum absolute atomic E-state index is 13.5. The first-order valence-electron chi connectivity index (χ1n) is 10.9. The summed E-state index contributed by atoms with van der Waals surface area (Å²) in [6.45, 7) is 6.16. The van der Waals surface area contributed by atoms with Gasteiger partial charge in [0.15, 0.2) is 11.4 Å². The highest BCUT2D eigenvalue weighted by Gasteiger charge is 2.18. The van der Waals surface area contributed by atoms with Crippen LogP contribution in [0.2, 0.25) is 5.02 Å². The van der Waals surface area contributed by atoms with Crippen molar-refractivity contribution in [1.29, 1.82) is 0 Å². The highest BCUT2D eigenvalue weighted by atomic mass is 35.5. The quantitative estimate of drug-likeness (QED) is 0.330. The number of fused-ring (bicyclic) bond motifs is 1. The molecule has 0 saturated carbocycles. The molecule has 0 unspecified atom stereocenters. The van der Waals surface area contributed by atoms with E-state index in [9.17, 15) is 4.79 Å². The molecule has 0 aliphatic carbocycles. The maximum Gasteiger partial charge on any atom is 0.267 e. The molecule has 0 amide bonds. The Morgan fingerprint density at radius 1 is 0.971 bits per heavy atom. The number of ether oxygens (including phenoxy) is 1. The van der Waals surface area contributed by atoms with Crippen LogP contribution in [0.15, 0.2) is 77.7 Å². The van der Waals surface area contributed by atoms with Gasteiger partial charge in [0.25, 0.3) is 5.56 Å². The van der Waals surface area contributed by atoms with Crippen LogP contribution in [-0.4, -0.2) is 19.2 Å². The normalized spacial score (nSPS) is 11.2. The zero-order chi connectivity index (χ0) is 23.8. The minimum atomic E-state index is -0.190. The molecule has 0 aliphatic heterocycles. The van der Waals surface area contributed by atoms with Crippen LogP contribution in [0.5, 0.6) is 5.75 Å². The summed E-state index contributed by atoms with van der Waals surface area (Å²) in [5.74, 6) is 0.524. The van der Waals surface area contributed by atoms with E-state index in [1.165, 1.54) is 9.96 Å². The topological polar surface area (TPSA) is 61.4 Å². The Bertz CT molecular complexity index is 1570. The number of pyridine rings is 1. The average Bonchev–Trinajstić information content (AvgIpc) is 3.19. The summed E-state index contributed by atoms with van der Waals surface area (Å²) in [5, 5.41) is 5.38. The first kappa shape index (κ1) is 21.9. The van der Waals surface area contributed by atoms with E-state index in [-0.39, 0.29) is 5.56 Å². The van der Waals surface area contributed by atoms with E-state index in [0.717, 1.165) is 16.9 Å². The predicted molar refractivity (Wildman–Crippen MR) is 134 cm³/mol. The number of benzene rings is 2. The van der Waals surface area contributed by atoms with Crippen molar-refractivity contribution in [3.05, 3.63) is 111 Å². The molecule has 0 fully saturated rings. The predicted octanol–water partition coefficient (Wildman–Crippen LogP) is 5.70. The van der Waals surface area contributed by atoms with Crippen molar-refractivity contribution in [3.8, 4) is 22.7 Å². The lowest BCUT2D eigenvalue weighted by atomic mass is 10.1. The fourth-order valence-electron chi connectivity index (χ4n) is 3.98. The Balaban J connectivity index is 1.55. The van der Waals surface area contributed by atoms with Crippen molar-refractivity contribution >= 4 is 17.2 Å². The van der Waals surface area contributed by atoms with E-state index < -0.39 is 0 Å². The highest BCUT2D eigenvalue weighted by molar-refractivity contribution is 6.30. The van der Waals surface area contributed by atoms with Gasteiger partial charge < -0.3 is 4.74 Å². The zero-order valence-electron chi connectivity index (χ0n) is 19.1. The van der Waals surface area contributed by atoms with Crippen molar-refractivity contribution < 1.29 is 4.74 Å². The van der Waals surface area contributed by atoms with Crippen molar-refractivity contribution in [2.24, 2.45) is 0 Å². The second kappa shape index (κ2) is 8.80. The molecular weight excluding hydrogens is 448 g/mol. The molecule has 0 atom stereocenters. The molecule has 5 aromatic rings. The molecule has 3 aromatic heterocycles. The first-order valence-corrected chi connectivity index (χ1v) is 11.3. The monoisotopic (exact) mass is 470 g/mol. The van der Waals surface area contributed by atoms with Crippen LogP contribution in [0.4, 0.5) is 0 Å². The van der Waals surface area contributed by atoms with Crippen molar-refractivity contribution in [2.75, 3.05) is 0 Å². The summed E-state index contributed by atoms with van der Waals surface area (Å²) in [6.07, 6.45) is 1.70. The van der Waals surface area contributed by atoms with Crippen LogP contribution in [-0.2, 0) is 6.61 Å². The maximum atomic E-state index is 13.5. The molecule has 5 rings (SSSR count). The lowest BCUT2D eigenvalue weighted by molar-refractivity contribution is 0.308. The first-order chi connectivity index (χ1) is 16.4. The van der Waals surface area contributed by atoms with Crippen LogP contribution in [0.1, 0.15) is 22.5 Å². The SMILES string of the molecule is Cc1ccc(-n2nc(-c3c(C)nc4c(OCc5cccc(Cl)c5)cccn4c3=O)cc2C)cc1. The van der Waals surface area contributed by atoms with E-state index in [1.807, 2.05) is 86.1 Å². The molecule has 6 nitrogen and oxygen atoms in total. The van der Waals surface area contributed by atoms with Gasteiger partial charge in [-0.05, 0) is 68.8 Å². The largest absolute Gasteiger partial charge is 0.485 e. The number of hydrogen-bond donors (Lipinski definition) is 0. The molecule has 0 N–H and O–H groups in total. The summed E-state index contributed by atoms with van der Waals surface area (Å²) in [7, 11) is 0. The number of halogens is 1. The lowest BCUT2D eigenvalue weighted by Gasteiger charge is -2.12. The molecule has 0 bridgehead atoms. The van der Waals surface area contributed by atoms with Gasteiger partial charge in [-0.15, -0.1) is 0 Å². The number of rotatable bonds is 5. The molecule has 3 heterocycles. The van der Waals surface area contributed by atoms with Crippen LogP contribution in [0.25, 0.3) is 22.6 Å². The second-order valence-corrected chi connectivity index (χ2v) is 8.72. The average molecular weight is 471 g/mol. The Labute approximate surface area is 202 Å². The highest BCUT2D eigenvalue weighted by Crippen LogP contribution is 2.25. The Morgan fingerprint density at radius 2 is 1.76 bits per heavy atom. The van der Waals surface area contributed by atoms with E-state index in [0.29, 0.717) is 40.0 Å². The molecular formula is C27H23ClN4O2. The number of aromatic nitrogens is 4. The van der Waals surface area contributed by atoms with Crippen LogP contribution < -0.4 is 10.3 Å². The minimum Gasteiger partial charge on any atom is -0.485 e. The van der Waals surface area contributed by atoms with Crippen molar-refractivity contribution in [2.45, 2.75) is 27.4 Å². The van der Waals surface area contributed by atoms with Gasteiger partial charge in [0.1, 0.15) is 12.3 Å². The third-order valence-corrected chi connectivity index (χ3v) is 5.94. The van der Waals surface area contributed by atoms with Gasteiger partial charge in [-0.2, -0.15) is 5.10 Å². The Hall–Kier alpha value is -3.90. The van der Waals surface area contributed by atoms with Gasteiger partial charge in [-0.3, -0.25) is 9.20 Å². The van der Waals surface area contributed by atoms with Crippen LogP contribution >= 0.6 is 11.6 Å². The fraction of sp³-hybridized carbons (Fsp3) is 0.148. The van der Waals surface area contributed by atoms with Gasteiger partial charge in [0, 0.05) is 16.9 Å². The standard InChI is InChI=1S/C27H23ClN4O2/c1-17-9-11-22(12-10-17)32-18(2)14-23(30-32)25-19(3)29-26-24(8-5-13-31(26)27(25)33)34-16-20-6-4-7-21(28)15-20/h4-15H,16H2,1-3H3. The molecule has 7 heteroatoms. The van der Waals surface area contributed by atoms with Gasteiger partial charge in [0.2, 0.25) is 0 Å². The number of aryl methyl sites for hydroxylation is 3. The minimum absolute atomic E-state index is 0.190. The lowest BCUT2D eigenvalue weighted by Crippen LogP contribution is -2.19. The summed E-state index contributed by atoms with van der Waals surface area (Å²) >= 11 is 6.08. The zero-order valence-corrected chi connectivity index (χ0v) is 19.9. The summed E-state index contributed by atoms with van der Waals surface area (Å²) in [6, 6.07) is 21.1. The number of nitrogens with zero attached hydrogens (tertiary/aromatic N) is 4. The molecule has 0 spiro atoms. The van der Waals surface area contributed by atoms with E-state index >= 15 is 0 Å². The van der Waals surface area contributed by atoms with Crippen molar-refractivity contribution in [1.82, 2.24) is 19.2 Å². The van der Waals surface area contributed by atoms with E-state index in [2.05, 4.69) is 0 Å². The molecule has 34 heavy (non-hydrogen) atoms. The summed E-state index contributed by atoms with van der Waals surface area (Å²) in [5.41, 5.74) is 5.91. The second-order valence-electron chi connectivity index (χ2n) is 8.28. The van der Waals surface area contributed by atoms with Gasteiger partial charge >= 0.3 is 0 Å². The summed E-state index contributed by atoms with van der Waals surface area (Å²) < 4.78 is 9.36. The smallest absolute Gasteiger partial charge is 0.267 e.